The molecule has 0 saturated heterocycles. The van der Waals surface area contributed by atoms with Crippen LogP contribution in [0.1, 0.15) is 32.3 Å². The summed E-state index contributed by atoms with van der Waals surface area (Å²) in [6.07, 6.45) is 6.07. The van der Waals surface area contributed by atoms with Crippen molar-refractivity contribution in [2.75, 3.05) is 20.2 Å². The molecule has 0 heterocycles. The average Bonchev–Trinajstić information content (AvgIpc) is 2.43. The van der Waals surface area contributed by atoms with E-state index in [1.807, 2.05) is 6.07 Å². The van der Waals surface area contributed by atoms with Crippen LogP contribution in [0.15, 0.2) is 35.9 Å². The maximum absolute atomic E-state index is 5.25. The van der Waals surface area contributed by atoms with Gasteiger partial charge in [-0.25, -0.2) is 0 Å². The van der Waals surface area contributed by atoms with E-state index in [9.17, 15) is 0 Å². The summed E-state index contributed by atoms with van der Waals surface area (Å²) in [6, 6.07) is 8.34. The smallest absolute Gasteiger partial charge is 0.119 e. The Bertz CT molecular complexity index is 452. The first-order valence-corrected chi connectivity index (χ1v) is 7.68. The van der Waals surface area contributed by atoms with E-state index in [4.69, 9.17) is 4.74 Å². The van der Waals surface area contributed by atoms with Crippen molar-refractivity contribution in [1.29, 1.82) is 0 Å². The second-order valence-electron chi connectivity index (χ2n) is 6.10. The van der Waals surface area contributed by atoms with Gasteiger partial charge in [-0.15, -0.1) is 0 Å². The van der Waals surface area contributed by atoms with Crippen molar-refractivity contribution >= 4 is 0 Å². The molecule has 1 aliphatic rings. The van der Waals surface area contributed by atoms with Crippen molar-refractivity contribution in [3.63, 3.8) is 0 Å². The molecule has 0 saturated carbocycles. The molecule has 1 N–H and O–H groups in total. The minimum atomic E-state index is 0.744. The van der Waals surface area contributed by atoms with Gasteiger partial charge in [0.05, 0.1) is 7.11 Å². The van der Waals surface area contributed by atoms with E-state index >= 15 is 0 Å². The molecule has 2 unspecified atom stereocenters. The van der Waals surface area contributed by atoms with E-state index in [1.54, 1.807) is 12.7 Å². The van der Waals surface area contributed by atoms with Crippen LogP contribution in [0.4, 0.5) is 0 Å². The van der Waals surface area contributed by atoms with Crippen LogP contribution in [-0.4, -0.2) is 20.2 Å². The third-order valence-electron chi connectivity index (χ3n) is 4.04. The molecule has 2 rings (SSSR count). The zero-order valence-corrected chi connectivity index (χ0v) is 13.0. The number of methoxy groups -OCH3 is 1. The van der Waals surface area contributed by atoms with E-state index in [0.717, 1.165) is 37.1 Å². The predicted octanol–water partition coefficient (Wildman–Crippen LogP) is 3.82. The molecular weight excluding hydrogens is 246 g/mol. The van der Waals surface area contributed by atoms with E-state index < -0.39 is 0 Å². The molecule has 0 aliphatic heterocycles. The molecule has 2 atom stereocenters. The van der Waals surface area contributed by atoms with Gasteiger partial charge in [-0.05, 0) is 68.8 Å². The zero-order chi connectivity index (χ0) is 14.4. The summed E-state index contributed by atoms with van der Waals surface area (Å²) in [5.74, 6) is 2.50. The topological polar surface area (TPSA) is 21.3 Å². The lowest BCUT2D eigenvalue weighted by Crippen LogP contribution is -2.27. The normalized spacial score (nSPS) is 22.4. The monoisotopic (exact) mass is 273 g/mol. The van der Waals surface area contributed by atoms with Crippen LogP contribution in [0.5, 0.6) is 5.75 Å². The predicted molar refractivity (Wildman–Crippen MR) is 85.2 cm³/mol. The average molecular weight is 273 g/mol. The Morgan fingerprint density at radius 1 is 1.35 bits per heavy atom. The summed E-state index contributed by atoms with van der Waals surface area (Å²) < 4.78 is 5.25. The molecular formula is C18H27NO. The first-order chi connectivity index (χ1) is 9.67. The molecule has 1 aromatic carbocycles. The molecule has 0 amide bonds. The van der Waals surface area contributed by atoms with E-state index in [-0.39, 0.29) is 0 Å². The van der Waals surface area contributed by atoms with E-state index in [1.165, 1.54) is 18.4 Å². The molecule has 1 aliphatic carbocycles. The molecule has 0 fully saturated rings. The Kier molecular flexibility index (Phi) is 5.66. The fourth-order valence-electron chi connectivity index (χ4n) is 3.21. The van der Waals surface area contributed by atoms with Crippen molar-refractivity contribution < 1.29 is 4.74 Å². The molecule has 1 aromatic rings. The van der Waals surface area contributed by atoms with Gasteiger partial charge >= 0.3 is 0 Å². The van der Waals surface area contributed by atoms with Crippen LogP contribution in [0.2, 0.25) is 0 Å². The highest BCUT2D eigenvalue weighted by atomic mass is 16.5. The highest BCUT2D eigenvalue weighted by molar-refractivity contribution is 5.28. The SMILES string of the molecule is COc1cccc(CCNCC2CC(C)=CC(C)C2)c1. The molecule has 0 spiro atoms. The summed E-state index contributed by atoms with van der Waals surface area (Å²) >= 11 is 0. The van der Waals surface area contributed by atoms with Crippen molar-refractivity contribution in [3.8, 4) is 5.75 Å². The van der Waals surface area contributed by atoms with E-state index in [0.29, 0.717) is 0 Å². The molecule has 20 heavy (non-hydrogen) atoms. The van der Waals surface area contributed by atoms with Gasteiger partial charge < -0.3 is 10.1 Å². The number of hydrogen-bond acceptors (Lipinski definition) is 2. The van der Waals surface area contributed by atoms with Crippen LogP contribution in [-0.2, 0) is 6.42 Å². The third-order valence-corrected chi connectivity index (χ3v) is 4.04. The number of rotatable bonds is 6. The van der Waals surface area contributed by atoms with Crippen LogP contribution >= 0.6 is 0 Å². The van der Waals surface area contributed by atoms with Gasteiger partial charge in [0.25, 0.3) is 0 Å². The number of hydrogen-bond donors (Lipinski definition) is 1. The van der Waals surface area contributed by atoms with Crippen LogP contribution in [0.25, 0.3) is 0 Å². The minimum Gasteiger partial charge on any atom is -0.497 e. The summed E-state index contributed by atoms with van der Waals surface area (Å²) in [6.45, 7) is 6.77. The number of nitrogens with one attached hydrogen (secondary N) is 1. The lowest BCUT2D eigenvalue weighted by Gasteiger charge is -2.25. The van der Waals surface area contributed by atoms with Gasteiger partial charge in [0.15, 0.2) is 0 Å². The van der Waals surface area contributed by atoms with Crippen LogP contribution in [0.3, 0.4) is 0 Å². The van der Waals surface area contributed by atoms with Gasteiger partial charge in [-0.2, -0.15) is 0 Å². The quantitative estimate of drug-likeness (QED) is 0.628. The lowest BCUT2D eigenvalue weighted by molar-refractivity contribution is 0.382. The number of ether oxygens (including phenoxy) is 1. The maximum Gasteiger partial charge on any atom is 0.119 e. The minimum absolute atomic E-state index is 0.744. The fourth-order valence-corrected chi connectivity index (χ4v) is 3.21. The Balaban J connectivity index is 1.70. The molecule has 0 bridgehead atoms. The molecule has 0 aromatic heterocycles. The number of allylic oxidation sites excluding steroid dienone is 2. The summed E-state index contributed by atoms with van der Waals surface area (Å²) in [5, 5.41) is 3.61. The summed E-state index contributed by atoms with van der Waals surface area (Å²) in [4.78, 5) is 0. The molecule has 110 valence electrons. The summed E-state index contributed by atoms with van der Waals surface area (Å²) in [5.41, 5.74) is 2.90. The van der Waals surface area contributed by atoms with Gasteiger partial charge in [0.2, 0.25) is 0 Å². The molecule has 0 radical (unpaired) electrons. The molecule has 2 nitrogen and oxygen atoms in total. The molecule has 2 heteroatoms. The Hall–Kier alpha value is -1.28. The summed E-state index contributed by atoms with van der Waals surface area (Å²) in [7, 11) is 1.72. The van der Waals surface area contributed by atoms with Crippen molar-refractivity contribution in [2.24, 2.45) is 11.8 Å². The first-order valence-electron chi connectivity index (χ1n) is 7.68. The maximum atomic E-state index is 5.25. The number of benzene rings is 1. The first kappa shape index (κ1) is 15.1. The van der Waals surface area contributed by atoms with Crippen molar-refractivity contribution in [1.82, 2.24) is 5.32 Å². The largest absolute Gasteiger partial charge is 0.497 e. The Morgan fingerprint density at radius 3 is 2.95 bits per heavy atom. The van der Waals surface area contributed by atoms with Gasteiger partial charge in [0.1, 0.15) is 5.75 Å². The van der Waals surface area contributed by atoms with Gasteiger partial charge in [0, 0.05) is 0 Å². The highest BCUT2D eigenvalue weighted by Gasteiger charge is 2.17. The Labute approximate surface area is 123 Å². The van der Waals surface area contributed by atoms with Crippen molar-refractivity contribution in [3.05, 3.63) is 41.5 Å². The van der Waals surface area contributed by atoms with Gasteiger partial charge in [-0.1, -0.05) is 30.7 Å². The van der Waals surface area contributed by atoms with E-state index in [2.05, 4.69) is 43.4 Å². The van der Waals surface area contributed by atoms with Crippen molar-refractivity contribution in [2.45, 2.75) is 33.1 Å². The van der Waals surface area contributed by atoms with Crippen LogP contribution < -0.4 is 10.1 Å². The second-order valence-corrected chi connectivity index (χ2v) is 6.10. The fraction of sp³-hybridized carbons (Fsp3) is 0.556. The Morgan fingerprint density at radius 2 is 2.20 bits per heavy atom. The standard InChI is InChI=1S/C18H27NO/c1-14-9-15(2)11-17(10-14)13-19-8-7-16-5-4-6-18(12-16)20-3/h4-6,9,12,14,17,19H,7-8,10-11,13H2,1-3H3. The van der Waals surface area contributed by atoms with Crippen LogP contribution in [0, 0.1) is 11.8 Å². The third kappa shape index (κ3) is 4.68. The second kappa shape index (κ2) is 7.49. The zero-order valence-electron chi connectivity index (χ0n) is 13.0. The highest BCUT2D eigenvalue weighted by Crippen LogP contribution is 2.27. The lowest BCUT2D eigenvalue weighted by atomic mass is 9.84. The van der Waals surface area contributed by atoms with Gasteiger partial charge in [-0.3, -0.25) is 0 Å².